The van der Waals surface area contributed by atoms with Crippen LogP contribution in [-0.4, -0.2) is 48.1 Å². The molecule has 22 heavy (non-hydrogen) atoms. The molecule has 0 aromatic heterocycles. The molecule has 0 bridgehead atoms. The average molecular weight is 326 g/mol. The molecule has 0 spiro atoms. The first-order chi connectivity index (χ1) is 10.5. The van der Waals surface area contributed by atoms with Gasteiger partial charge < -0.3 is 20.5 Å². The molecule has 0 aliphatic rings. The van der Waals surface area contributed by atoms with Crippen molar-refractivity contribution in [3.05, 3.63) is 24.3 Å². The Kier molecular flexibility index (Phi) is 7.24. The minimum absolute atomic E-state index is 0.0465. The topological polar surface area (TPSA) is 105 Å². The lowest BCUT2D eigenvalue weighted by atomic mass is 10.2. The van der Waals surface area contributed by atoms with Gasteiger partial charge in [0.05, 0.1) is 7.11 Å². The molecule has 0 saturated carbocycles. The van der Waals surface area contributed by atoms with Gasteiger partial charge in [-0.2, -0.15) is 11.8 Å². The first-order valence-corrected chi connectivity index (χ1v) is 7.85. The quantitative estimate of drug-likeness (QED) is 0.405. The Morgan fingerprint density at radius 1 is 1.23 bits per heavy atom. The molecule has 120 valence electrons. The maximum absolute atomic E-state index is 11.8. The summed E-state index contributed by atoms with van der Waals surface area (Å²) in [6.45, 7) is 0. The van der Waals surface area contributed by atoms with Gasteiger partial charge in [-0.25, -0.2) is 4.79 Å². The van der Waals surface area contributed by atoms with Crippen molar-refractivity contribution in [3.63, 3.8) is 0 Å². The van der Waals surface area contributed by atoms with Gasteiger partial charge in [0.15, 0.2) is 0 Å². The van der Waals surface area contributed by atoms with Crippen LogP contribution in [0.2, 0.25) is 0 Å². The van der Waals surface area contributed by atoms with Crippen LogP contribution in [0, 0.1) is 0 Å². The smallest absolute Gasteiger partial charge is 0.328 e. The number of amides is 2. The number of ether oxygens (including phenoxy) is 1. The Balaban J connectivity index is 2.62. The molecule has 0 aliphatic carbocycles. The van der Waals surface area contributed by atoms with E-state index in [0.717, 1.165) is 0 Å². The fraction of sp³-hybridized carbons (Fsp3) is 0.357. The van der Waals surface area contributed by atoms with E-state index in [2.05, 4.69) is 15.4 Å². The van der Waals surface area contributed by atoms with Crippen LogP contribution in [0.5, 0.6) is 5.75 Å². The number of nitrogens with one attached hydrogen (secondary N) is 2. The van der Waals surface area contributed by atoms with Crippen molar-refractivity contribution in [3.8, 4) is 5.75 Å². The second kappa shape index (κ2) is 8.93. The first kappa shape index (κ1) is 17.8. The second-order valence-corrected chi connectivity index (χ2v) is 5.32. The minimum Gasteiger partial charge on any atom is -0.508 e. The monoisotopic (exact) mass is 326 g/mol. The van der Waals surface area contributed by atoms with Gasteiger partial charge in [-0.15, -0.1) is 0 Å². The van der Waals surface area contributed by atoms with E-state index >= 15 is 0 Å². The number of esters is 1. The van der Waals surface area contributed by atoms with Crippen LogP contribution in [0.25, 0.3) is 0 Å². The number of carbonyl (C=O) groups excluding carboxylic acids is 3. The third-order valence-electron chi connectivity index (χ3n) is 2.73. The minimum atomic E-state index is -0.926. The molecule has 1 aromatic rings. The lowest BCUT2D eigenvalue weighted by molar-refractivity contribution is -0.146. The van der Waals surface area contributed by atoms with Gasteiger partial charge in [0.25, 0.3) is 0 Å². The number of rotatable bonds is 6. The number of methoxy groups -OCH3 is 1. The number of aromatic hydroxyl groups is 1. The van der Waals surface area contributed by atoms with Crippen molar-refractivity contribution in [2.75, 3.05) is 24.4 Å². The van der Waals surface area contributed by atoms with Crippen molar-refractivity contribution >= 4 is 35.2 Å². The summed E-state index contributed by atoms with van der Waals surface area (Å²) in [5.74, 6) is -1.74. The van der Waals surface area contributed by atoms with Crippen LogP contribution < -0.4 is 10.6 Å². The highest BCUT2D eigenvalue weighted by Gasteiger charge is 2.24. The lowest BCUT2D eigenvalue weighted by Crippen LogP contribution is -2.46. The number of benzene rings is 1. The van der Waals surface area contributed by atoms with Crippen molar-refractivity contribution in [1.29, 1.82) is 0 Å². The summed E-state index contributed by atoms with van der Waals surface area (Å²) in [4.78, 5) is 35.2. The number of hydrogen-bond acceptors (Lipinski definition) is 6. The van der Waals surface area contributed by atoms with E-state index in [9.17, 15) is 14.4 Å². The molecule has 0 radical (unpaired) electrons. The molecule has 1 rings (SSSR count). The predicted molar refractivity (Wildman–Crippen MR) is 83.7 cm³/mol. The summed E-state index contributed by atoms with van der Waals surface area (Å²) in [6, 6.07) is 4.79. The number of phenolic OH excluding ortho intramolecular Hbond substituents is 1. The molecule has 0 saturated heterocycles. The number of carbonyl (C=O) groups is 3. The Bertz CT molecular complexity index is 533. The fourth-order valence-electron chi connectivity index (χ4n) is 1.58. The summed E-state index contributed by atoms with van der Waals surface area (Å²) in [6.07, 6.45) is 2.24. The zero-order valence-electron chi connectivity index (χ0n) is 12.3. The van der Waals surface area contributed by atoms with Crippen LogP contribution in [0.3, 0.4) is 0 Å². The van der Waals surface area contributed by atoms with Gasteiger partial charge in [0.1, 0.15) is 11.8 Å². The van der Waals surface area contributed by atoms with E-state index in [1.54, 1.807) is 0 Å². The van der Waals surface area contributed by atoms with Gasteiger partial charge in [-0.3, -0.25) is 9.59 Å². The van der Waals surface area contributed by atoms with Crippen LogP contribution >= 0.6 is 11.8 Å². The standard InChI is InChI=1S/C14H18N2O5S/c1-21-14(20)11(7-8-22-2)16-13(19)12(18)15-9-3-5-10(17)6-4-9/h3-6,11,17H,7-8H2,1-2H3,(H,15,18)(H,16,19)/t11-/m0/s1. The molecule has 0 fully saturated rings. The van der Waals surface area contributed by atoms with Gasteiger partial charge >= 0.3 is 17.8 Å². The fourth-order valence-corrected chi connectivity index (χ4v) is 2.05. The molecule has 0 aliphatic heterocycles. The highest BCUT2D eigenvalue weighted by molar-refractivity contribution is 7.98. The van der Waals surface area contributed by atoms with E-state index < -0.39 is 23.8 Å². The second-order valence-electron chi connectivity index (χ2n) is 4.33. The van der Waals surface area contributed by atoms with E-state index in [0.29, 0.717) is 17.9 Å². The molecule has 7 nitrogen and oxygen atoms in total. The van der Waals surface area contributed by atoms with Crippen molar-refractivity contribution in [1.82, 2.24) is 5.32 Å². The van der Waals surface area contributed by atoms with Crippen LogP contribution in [0.4, 0.5) is 5.69 Å². The zero-order chi connectivity index (χ0) is 16.5. The molecule has 0 unspecified atom stereocenters. The highest BCUT2D eigenvalue weighted by Crippen LogP contribution is 2.13. The summed E-state index contributed by atoms with van der Waals surface area (Å²) < 4.78 is 4.60. The van der Waals surface area contributed by atoms with E-state index in [1.807, 2.05) is 6.26 Å². The van der Waals surface area contributed by atoms with Gasteiger partial charge in [0, 0.05) is 5.69 Å². The summed E-state index contributed by atoms with van der Waals surface area (Å²) in [7, 11) is 1.22. The largest absolute Gasteiger partial charge is 0.508 e. The van der Waals surface area contributed by atoms with E-state index in [1.165, 1.54) is 43.1 Å². The van der Waals surface area contributed by atoms with Crippen molar-refractivity contribution < 1.29 is 24.2 Å². The van der Waals surface area contributed by atoms with Gasteiger partial charge in [0.2, 0.25) is 0 Å². The molecule has 3 N–H and O–H groups in total. The average Bonchev–Trinajstić information content (AvgIpc) is 2.52. The number of anilines is 1. The Labute approximate surface area is 132 Å². The number of hydrogen-bond donors (Lipinski definition) is 3. The Hall–Kier alpha value is -2.22. The lowest BCUT2D eigenvalue weighted by Gasteiger charge is -2.15. The summed E-state index contributed by atoms with van der Waals surface area (Å²) in [5.41, 5.74) is 0.358. The predicted octanol–water partition coefficient (Wildman–Crippen LogP) is 0.742. The van der Waals surface area contributed by atoms with Crippen molar-refractivity contribution in [2.45, 2.75) is 12.5 Å². The van der Waals surface area contributed by atoms with Crippen LogP contribution in [0.15, 0.2) is 24.3 Å². The maximum Gasteiger partial charge on any atom is 0.328 e. The zero-order valence-corrected chi connectivity index (χ0v) is 13.1. The first-order valence-electron chi connectivity index (χ1n) is 6.45. The molecular weight excluding hydrogens is 308 g/mol. The summed E-state index contributed by atoms with van der Waals surface area (Å²) in [5, 5.41) is 13.9. The Morgan fingerprint density at radius 3 is 2.41 bits per heavy atom. The summed E-state index contributed by atoms with van der Waals surface area (Å²) >= 11 is 1.51. The van der Waals surface area contributed by atoms with E-state index in [4.69, 9.17) is 5.11 Å². The maximum atomic E-state index is 11.8. The number of thioether (sulfide) groups is 1. The van der Waals surface area contributed by atoms with Gasteiger partial charge in [-0.05, 0) is 42.7 Å². The third-order valence-corrected chi connectivity index (χ3v) is 3.38. The molecule has 8 heteroatoms. The molecule has 0 heterocycles. The van der Waals surface area contributed by atoms with Crippen molar-refractivity contribution in [2.24, 2.45) is 0 Å². The van der Waals surface area contributed by atoms with Gasteiger partial charge in [-0.1, -0.05) is 0 Å². The third kappa shape index (κ3) is 5.65. The molecule has 1 aromatic carbocycles. The van der Waals surface area contributed by atoms with Crippen LogP contribution in [0.1, 0.15) is 6.42 Å². The normalized spacial score (nSPS) is 11.4. The van der Waals surface area contributed by atoms with E-state index in [-0.39, 0.29) is 5.75 Å². The molecule has 2 amide bonds. The SMILES string of the molecule is COC(=O)[C@H](CCSC)NC(=O)C(=O)Nc1ccc(O)cc1. The molecular formula is C14H18N2O5S. The Morgan fingerprint density at radius 2 is 1.86 bits per heavy atom. The van der Waals surface area contributed by atoms with Crippen LogP contribution in [-0.2, 0) is 19.1 Å². The number of phenols is 1. The molecule has 1 atom stereocenters. The highest BCUT2D eigenvalue weighted by atomic mass is 32.2.